The highest BCUT2D eigenvalue weighted by atomic mass is 32.1. The third-order valence-corrected chi connectivity index (χ3v) is 3.96. The Labute approximate surface area is 120 Å². The first-order valence-electron chi connectivity index (χ1n) is 6.16. The number of phenolic OH excluding ortho intramolecular Hbond substituents is 1. The van der Waals surface area contributed by atoms with Gasteiger partial charge in [-0.1, -0.05) is 0 Å². The zero-order chi connectivity index (χ0) is 14.1. The number of rotatable bonds is 3. The fourth-order valence-electron chi connectivity index (χ4n) is 2.04. The number of phenols is 1. The summed E-state index contributed by atoms with van der Waals surface area (Å²) >= 11 is 1.63. The van der Waals surface area contributed by atoms with E-state index < -0.39 is 0 Å². The number of aromatic hydroxyl groups is 1. The zero-order valence-electron chi connectivity index (χ0n) is 10.9. The Morgan fingerprint density at radius 3 is 3.00 bits per heavy atom. The second-order valence-corrected chi connectivity index (χ2v) is 5.77. The first-order valence-corrected chi connectivity index (χ1v) is 6.97. The van der Waals surface area contributed by atoms with Crippen molar-refractivity contribution in [1.82, 2.24) is 9.97 Å². The first-order chi connectivity index (χ1) is 9.63. The fraction of sp³-hybridized carbons (Fsp3) is 0.143. The summed E-state index contributed by atoms with van der Waals surface area (Å²) in [5.74, 6) is 0.986. The van der Waals surface area contributed by atoms with E-state index in [1.165, 1.54) is 4.88 Å². The van der Waals surface area contributed by atoms with Crippen molar-refractivity contribution in [3.63, 3.8) is 0 Å². The topological polar surface area (TPSA) is 84.1 Å². The molecule has 0 radical (unpaired) electrons. The molecule has 0 spiro atoms. The van der Waals surface area contributed by atoms with Gasteiger partial charge in [0, 0.05) is 22.7 Å². The largest absolute Gasteiger partial charge is 0.508 e. The van der Waals surface area contributed by atoms with Crippen molar-refractivity contribution in [2.24, 2.45) is 0 Å². The molecule has 0 saturated heterocycles. The number of hydrogen-bond acceptors (Lipinski definition) is 6. The second kappa shape index (κ2) is 4.97. The lowest BCUT2D eigenvalue weighted by Gasteiger charge is -2.08. The highest BCUT2D eigenvalue weighted by Gasteiger charge is 2.08. The standard InChI is InChI=1S/C14H14N4OS/c1-8-4-11-13(17-7-18-14(11)20-8)16-6-9-5-10(15)2-3-12(9)19/h2-5,7,19H,6,15H2,1H3,(H,16,17,18). The number of thiophene rings is 1. The number of nitrogens with two attached hydrogens (primary N) is 1. The molecule has 3 rings (SSSR count). The molecule has 5 nitrogen and oxygen atoms in total. The molecule has 0 atom stereocenters. The van der Waals surface area contributed by atoms with Gasteiger partial charge in [0.2, 0.25) is 0 Å². The number of nitrogens with one attached hydrogen (secondary N) is 1. The molecule has 6 heteroatoms. The number of hydrogen-bond donors (Lipinski definition) is 3. The minimum atomic E-state index is 0.221. The lowest BCUT2D eigenvalue weighted by Crippen LogP contribution is -2.02. The fourth-order valence-corrected chi connectivity index (χ4v) is 2.89. The van der Waals surface area contributed by atoms with Crippen molar-refractivity contribution >= 4 is 33.1 Å². The molecule has 0 aliphatic carbocycles. The summed E-state index contributed by atoms with van der Waals surface area (Å²) in [5.41, 5.74) is 7.09. The van der Waals surface area contributed by atoms with E-state index in [9.17, 15) is 5.11 Å². The number of nitrogen functional groups attached to an aromatic ring is 1. The third kappa shape index (κ3) is 2.37. The number of aryl methyl sites for hydroxylation is 1. The van der Waals surface area contributed by atoms with E-state index in [1.807, 2.05) is 6.92 Å². The molecule has 1 aromatic carbocycles. The molecule has 0 aliphatic rings. The van der Waals surface area contributed by atoms with Gasteiger partial charge in [-0.3, -0.25) is 0 Å². The molecule has 2 aromatic heterocycles. The van der Waals surface area contributed by atoms with Crippen LogP contribution in [0.2, 0.25) is 0 Å². The van der Waals surface area contributed by atoms with Crippen LogP contribution in [0.1, 0.15) is 10.4 Å². The molecule has 0 unspecified atom stereocenters. The summed E-state index contributed by atoms with van der Waals surface area (Å²) in [4.78, 5) is 10.7. The van der Waals surface area contributed by atoms with Crippen molar-refractivity contribution < 1.29 is 5.11 Å². The molecular weight excluding hydrogens is 272 g/mol. The van der Waals surface area contributed by atoms with Crippen LogP contribution in [0.25, 0.3) is 10.2 Å². The van der Waals surface area contributed by atoms with E-state index in [0.29, 0.717) is 12.2 Å². The predicted molar refractivity (Wildman–Crippen MR) is 82.0 cm³/mol. The minimum Gasteiger partial charge on any atom is -0.508 e. The number of fused-ring (bicyclic) bond motifs is 1. The van der Waals surface area contributed by atoms with Crippen molar-refractivity contribution in [2.45, 2.75) is 13.5 Å². The average Bonchev–Trinajstić information content (AvgIpc) is 2.80. The maximum atomic E-state index is 9.80. The van der Waals surface area contributed by atoms with Crippen LogP contribution in [0.4, 0.5) is 11.5 Å². The molecule has 2 heterocycles. The Balaban J connectivity index is 1.88. The molecular formula is C14H14N4OS. The van der Waals surface area contributed by atoms with Crippen LogP contribution in [0.3, 0.4) is 0 Å². The SMILES string of the molecule is Cc1cc2c(NCc3cc(N)ccc3O)ncnc2s1. The Morgan fingerprint density at radius 2 is 2.15 bits per heavy atom. The predicted octanol–water partition coefficient (Wildman–Crippen LogP) is 2.90. The van der Waals surface area contributed by atoms with Gasteiger partial charge in [-0.15, -0.1) is 11.3 Å². The van der Waals surface area contributed by atoms with Crippen molar-refractivity contribution in [3.8, 4) is 5.75 Å². The Bertz CT molecular complexity index is 769. The van der Waals surface area contributed by atoms with Crippen molar-refractivity contribution in [1.29, 1.82) is 0 Å². The van der Waals surface area contributed by atoms with Crippen LogP contribution in [0.15, 0.2) is 30.6 Å². The quantitative estimate of drug-likeness (QED) is 0.509. The van der Waals surface area contributed by atoms with Crippen LogP contribution in [-0.4, -0.2) is 15.1 Å². The Morgan fingerprint density at radius 1 is 1.30 bits per heavy atom. The summed E-state index contributed by atoms with van der Waals surface area (Å²) < 4.78 is 0. The summed E-state index contributed by atoms with van der Waals surface area (Å²) in [6.07, 6.45) is 1.54. The summed E-state index contributed by atoms with van der Waals surface area (Å²) in [5, 5.41) is 14.0. The van der Waals surface area contributed by atoms with Crippen molar-refractivity contribution in [2.75, 3.05) is 11.1 Å². The molecule has 0 aliphatic heterocycles. The molecule has 3 aromatic rings. The van der Waals surface area contributed by atoms with E-state index in [4.69, 9.17) is 5.73 Å². The van der Waals surface area contributed by atoms with Gasteiger partial charge in [0.25, 0.3) is 0 Å². The normalized spacial score (nSPS) is 10.8. The molecule has 20 heavy (non-hydrogen) atoms. The highest BCUT2D eigenvalue weighted by molar-refractivity contribution is 7.18. The van der Waals surface area contributed by atoms with Crippen LogP contribution < -0.4 is 11.1 Å². The van der Waals surface area contributed by atoms with Crippen LogP contribution in [0, 0.1) is 6.92 Å². The van der Waals surface area contributed by atoms with Gasteiger partial charge in [-0.2, -0.15) is 0 Å². The summed E-state index contributed by atoms with van der Waals surface area (Å²) in [7, 11) is 0. The molecule has 0 fully saturated rings. The maximum Gasteiger partial charge on any atom is 0.138 e. The Hall–Kier alpha value is -2.34. The van der Waals surface area contributed by atoms with Gasteiger partial charge in [0.1, 0.15) is 22.7 Å². The van der Waals surface area contributed by atoms with Gasteiger partial charge in [-0.25, -0.2) is 9.97 Å². The van der Waals surface area contributed by atoms with E-state index >= 15 is 0 Å². The lowest BCUT2D eigenvalue weighted by molar-refractivity contribution is 0.469. The van der Waals surface area contributed by atoms with E-state index in [-0.39, 0.29) is 5.75 Å². The highest BCUT2D eigenvalue weighted by Crippen LogP contribution is 2.28. The number of aromatic nitrogens is 2. The summed E-state index contributed by atoms with van der Waals surface area (Å²) in [6, 6.07) is 7.07. The maximum absolute atomic E-state index is 9.80. The molecule has 0 saturated carbocycles. The minimum absolute atomic E-state index is 0.221. The van der Waals surface area contributed by atoms with E-state index in [1.54, 1.807) is 35.9 Å². The molecule has 4 N–H and O–H groups in total. The van der Waals surface area contributed by atoms with Gasteiger partial charge in [0.05, 0.1) is 5.39 Å². The van der Waals surface area contributed by atoms with Gasteiger partial charge < -0.3 is 16.2 Å². The zero-order valence-corrected chi connectivity index (χ0v) is 11.7. The Kier molecular flexibility index (Phi) is 3.15. The summed E-state index contributed by atoms with van der Waals surface area (Å²) in [6.45, 7) is 2.50. The first kappa shape index (κ1) is 12.7. The van der Waals surface area contributed by atoms with E-state index in [2.05, 4.69) is 21.4 Å². The smallest absolute Gasteiger partial charge is 0.138 e. The van der Waals surface area contributed by atoms with Crippen LogP contribution in [-0.2, 0) is 6.54 Å². The van der Waals surface area contributed by atoms with Crippen LogP contribution in [0.5, 0.6) is 5.75 Å². The monoisotopic (exact) mass is 286 g/mol. The van der Waals surface area contributed by atoms with Gasteiger partial charge in [-0.05, 0) is 31.2 Å². The molecule has 0 amide bonds. The average molecular weight is 286 g/mol. The number of benzene rings is 1. The van der Waals surface area contributed by atoms with Gasteiger partial charge >= 0.3 is 0 Å². The van der Waals surface area contributed by atoms with Gasteiger partial charge in [0.15, 0.2) is 0 Å². The molecule has 102 valence electrons. The van der Waals surface area contributed by atoms with E-state index in [0.717, 1.165) is 21.6 Å². The third-order valence-electron chi connectivity index (χ3n) is 3.00. The molecule has 0 bridgehead atoms. The number of anilines is 2. The lowest BCUT2D eigenvalue weighted by atomic mass is 10.2. The number of nitrogens with zero attached hydrogens (tertiary/aromatic N) is 2. The van der Waals surface area contributed by atoms with Crippen LogP contribution >= 0.6 is 11.3 Å². The van der Waals surface area contributed by atoms with Crippen molar-refractivity contribution in [3.05, 3.63) is 41.0 Å². The second-order valence-electron chi connectivity index (χ2n) is 4.54.